The van der Waals surface area contributed by atoms with E-state index in [0.717, 1.165) is 18.4 Å². The normalized spacial score (nSPS) is 9.35. The molecule has 0 heterocycles. The number of rotatable bonds is 7. The van der Waals surface area contributed by atoms with Crippen molar-refractivity contribution in [1.29, 1.82) is 0 Å². The first-order valence-electron chi connectivity index (χ1n) is 6.44. The summed E-state index contributed by atoms with van der Waals surface area (Å²) in [6.07, 6.45) is 0.489. The third kappa shape index (κ3) is 12.1. The molecule has 0 saturated carbocycles. The van der Waals surface area contributed by atoms with Crippen molar-refractivity contribution in [2.24, 2.45) is 0 Å². The van der Waals surface area contributed by atoms with Crippen LogP contribution in [-0.4, -0.2) is 30.6 Å². The van der Waals surface area contributed by atoms with Crippen LogP contribution in [0.1, 0.15) is 32.3 Å². The van der Waals surface area contributed by atoms with Crippen LogP contribution in [0.25, 0.3) is 0 Å². The van der Waals surface area contributed by atoms with E-state index in [0.29, 0.717) is 13.2 Å². The van der Waals surface area contributed by atoms with Gasteiger partial charge in [-0.2, -0.15) is 24.6 Å². The fourth-order valence-corrected chi connectivity index (χ4v) is 1.12. The second-order valence-corrected chi connectivity index (χ2v) is 3.90. The van der Waals surface area contributed by atoms with Crippen molar-refractivity contribution < 1.29 is 38.2 Å². The summed E-state index contributed by atoms with van der Waals surface area (Å²) in [5.74, 6) is -1.06. The number of carbonyl (C=O) groups is 1. The van der Waals surface area contributed by atoms with Gasteiger partial charge in [0.1, 0.15) is 0 Å². The van der Waals surface area contributed by atoms with Crippen LogP contribution in [0.5, 0.6) is 0 Å². The van der Waals surface area contributed by atoms with Gasteiger partial charge in [0.05, 0.1) is 13.2 Å². The minimum Gasteiger partial charge on any atom is -0.477 e. The van der Waals surface area contributed by atoms with Gasteiger partial charge in [-0.05, 0) is 12.8 Å². The summed E-state index contributed by atoms with van der Waals surface area (Å²) in [5, 5.41) is 8.58. The summed E-state index contributed by atoms with van der Waals surface area (Å²) in [6, 6.07) is 9.87. The molecule has 5 heteroatoms. The van der Waals surface area contributed by atoms with Crippen molar-refractivity contribution in [2.45, 2.75) is 33.0 Å². The molecule has 1 aromatic carbocycles. The van der Waals surface area contributed by atoms with Crippen LogP contribution in [0, 0.1) is 6.92 Å². The van der Waals surface area contributed by atoms with Gasteiger partial charge in [-0.3, -0.25) is 0 Å². The zero-order chi connectivity index (χ0) is 14.5. The predicted octanol–water partition coefficient (Wildman–Crippen LogP) is 0.123. The Hall–Kier alpha value is -0.923. The number of aliphatic carboxylic acids is 1. The van der Waals surface area contributed by atoms with Gasteiger partial charge in [0, 0.05) is 0 Å². The maximum atomic E-state index is 10.5. The van der Waals surface area contributed by atoms with Crippen LogP contribution >= 0.6 is 0 Å². The molecule has 0 bridgehead atoms. The zero-order valence-corrected chi connectivity index (χ0v) is 12.7. The van der Waals surface area contributed by atoms with Crippen molar-refractivity contribution >= 4 is 5.97 Å². The Kier molecular flexibility index (Phi) is 15.5. The summed E-state index contributed by atoms with van der Waals surface area (Å²) >= 11 is 0. The predicted molar refractivity (Wildman–Crippen MR) is 74.8 cm³/mol. The maximum absolute atomic E-state index is 10.5. The van der Waals surface area contributed by atoms with E-state index in [1.807, 2.05) is 44.2 Å². The Bertz CT molecular complexity index is 322. The summed E-state index contributed by atoms with van der Waals surface area (Å²) < 4.78 is 9.87. The molecule has 0 unspecified atom stereocenters. The molecule has 0 spiro atoms. The van der Waals surface area contributed by atoms with Crippen LogP contribution in [0.3, 0.4) is 0 Å². The van der Waals surface area contributed by atoms with Crippen LogP contribution in [-0.2, 0) is 14.3 Å². The second-order valence-electron chi connectivity index (χ2n) is 3.90. The molecule has 0 radical (unpaired) electrons. The number of ether oxygens (including phenoxy) is 2. The molecule has 1 rings (SSSR count). The average Bonchev–Trinajstić information content (AvgIpc) is 2.40. The van der Waals surface area contributed by atoms with Crippen molar-refractivity contribution in [3.63, 3.8) is 0 Å². The average molecular weight is 274 g/mol. The molecule has 20 heavy (non-hydrogen) atoms. The molecule has 4 nitrogen and oxygen atoms in total. The molecule has 1 N–H and O–H groups in total. The fraction of sp³-hybridized carbons (Fsp3) is 0.467. The standard InChI is InChI=1S/C8H16O4.C7H7.Li/c1-3-5-11-8(7(9)10)12-6-4-2;1-7-5-3-2-4-6-7;/h8H,3-6H2,1-2H3,(H,9,10);2-6H,1H2;/q;-1;+1. The third-order valence-electron chi connectivity index (χ3n) is 1.99. The Labute approximate surface area is 133 Å². The number of hydrogen-bond donors (Lipinski definition) is 1. The SMILES string of the molecule is CCCOC(OCCC)C(=O)O.[CH2-]c1ccccc1.[Li+]. The van der Waals surface area contributed by atoms with Crippen LogP contribution in [0.15, 0.2) is 30.3 Å². The Morgan fingerprint density at radius 2 is 1.60 bits per heavy atom. The van der Waals surface area contributed by atoms with Crippen LogP contribution in [0.4, 0.5) is 0 Å². The topological polar surface area (TPSA) is 55.8 Å². The van der Waals surface area contributed by atoms with Crippen molar-refractivity contribution in [3.8, 4) is 0 Å². The van der Waals surface area contributed by atoms with E-state index in [2.05, 4.69) is 6.92 Å². The first kappa shape index (κ1) is 21.4. The maximum Gasteiger partial charge on any atom is 1.00 e. The molecule has 0 aliphatic carbocycles. The molecule has 0 saturated heterocycles. The van der Waals surface area contributed by atoms with Gasteiger partial charge in [-0.1, -0.05) is 19.9 Å². The molecule has 0 aliphatic heterocycles. The van der Waals surface area contributed by atoms with Crippen molar-refractivity contribution in [3.05, 3.63) is 42.8 Å². The Balaban J connectivity index is 0. The Morgan fingerprint density at radius 3 is 1.85 bits per heavy atom. The first-order valence-corrected chi connectivity index (χ1v) is 6.44. The van der Waals surface area contributed by atoms with E-state index in [9.17, 15) is 4.79 Å². The summed E-state index contributed by atoms with van der Waals surface area (Å²) in [6.45, 7) is 8.39. The smallest absolute Gasteiger partial charge is 0.477 e. The Morgan fingerprint density at radius 1 is 1.15 bits per heavy atom. The van der Waals surface area contributed by atoms with E-state index in [1.54, 1.807) is 0 Å². The molecular weight excluding hydrogens is 251 g/mol. The third-order valence-corrected chi connectivity index (χ3v) is 1.99. The number of carboxylic acids is 1. The summed E-state index contributed by atoms with van der Waals surface area (Å²) in [4.78, 5) is 10.5. The second kappa shape index (κ2) is 14.5. The first-order chi connectivity index (χ1) is 9.11. The molecule has 0 fully saturated rings. The largest absolute Gasteiger partial charge is 1.00 e. The van der Waals surface area contributed by atoms with Crippen molar-refractivity contribution in [2.75, 3.05) is 13.2 Å². The minimum absolute atomic E-state index is 0. The summed E-state index contributed by atoms with van der Waals surface area (Å²) in [7, 11) is 0. The van der Waals surface area contributed by atoms with Gasteiger partial charge in [0.15, 0.2) is 0 Å². The van der Waals surface area contributed by atoms with Gasteiger partial charge in [0.25, 0.3) is 6.29 Å². The van der Waals surface area contributed by atoms with Gasteiger partial charge in [0.2, 0.25) is 0 Å². The van der Waals surface area contributed by atoms with E-state index >= 15 is 0 Å². The summed E-state index contributed by atoms with van der Waals surface area (Å²) in [5.41, 5.74) is 1.07. The van der Waals surface area contributed by atoms with E-state index in [-0.39, 0.29) is 18.9 Å². The van der Waals surface area contributed by atoms with Crippen LogP contribution in [0.2, 0.25) is 0 Å². The number of benzene rings is 1. The molecule has 0 aliphatic rings. The van der Waals surface area contributed by atoms with Gasteiger partial charge in [-0.15, -0.1) is 12.1 Å². The fourth-order valence-electron chi connectivity index (χ4n) is 1.12. The quantitative estimate of drug-likeness (QED) is 0.436. The van der Waals surface area contributed by atoms with Crippen molar-refractivity contribution in [1.82, 2.24) is 0 Å². The number of hydrogen-bond acceptors (Lipinski definition) is 3. The molecule has 0 atom stereocenters. The van der Waals surface area contributed by atoms with E-state index in [4.69, 9.17) is 14.6 Å². The van der Waals surface area contributed by atoms with E-state index < -0.39 is 12.3 Å². The zero-order valence-electron chi connectivity index (χ0n) is 12.7. The molecular formula is C15H23LiO4. The van der Waals surface area contributed by atoms with Gasteiger partial charge in [-0.25, -0.2) is 4.79 Å². The monoisotopic (exact) mass is 274 g/mol. The van der Waals surface area contributed by atoms with Crippen LogP contribution < -0.4 is 18.9 Å². The molecule has 1 aromatic rings. The molecule has 0 amide bonds. The number of carboxylic acid groups (broad SMARTS) is 1. The molecule has 0 aromatic heterocycles. The molecule has 108 valence electrons. The minimum atomic E-state index is -1.09. The van der Waals surface area contributed by atoms with E-state index in [1.165, 1.54) is 0 Å². The van der Waals surface area contributed by atoms with Gasteiger partial charge < -0.3 is 14.6 Å². The van der Waals surface area contributed by atoms with Gasteiger partial charge >= 0.3 is 24.8 Å².